The molecule has 30 heavy (non-hydrogen) atoms. The van der Waals surface area contributed by atoms with E-state index in [0.717, 1.165) is 25.0 Å². The smallest absolute Gasteiger partial charge is 0.366 e. The van der Waals surface area contributed by atoms with Gasteiger partial charge in [-0.2, -0.15) is 13.2 Å². The molecule has 0 aliphatic heterocycles. The summed E-state index contributed by atoms with van der Waals surface area (Å²) in [7, 11) is 0. The van der Waals surface area contributed by atoms with Crippen molar-refractivity contribution in [2.75, 3.05) is 23.5 Å². The van der Waals surface area contributed by atoms with E-state index in [9.17, 15) is 13.2 Å². The summed E-state index contributed by atoms with van der Waals surface area (Å²) in [5.74, 6) is 0.657. The van der Waals surface area contributed by atoms with Gasteiger partial charge in [-0.1, -0.05) is 19.8 Å². The number of hydrogen-bond acceptors (Lipinski definition) is 5. The maximum atomic E-state index is 13.0. The Hall–Kier alpha value is -2.03. The second-order valence-electron chi connectivity index (χ2n) is 8.89. The quantitative estimate of drug-likeness (QED) is 0.589. The van der Waals surface area contributed by atoms with Crippen LogP contribution in [0.3, 0.4) is 0 Å². The Kier molecular flexibility index (Phi) is 6.79. The van der Waals surface area contributed by atoms with Crippen LogP contribution in [0.1, 0.15) is 65.5 Å². The van der Waals surface area contributed by atoms with Gasteiger partial charge in [-0.15, -0.1) is 5.10 Å². The zero-order valence-corrected chi connectivity index (χ0v) is 18.2. The zero-order valence-electron chi connectivity index (χ0n) is 18.2. The van der Waals surface area contributed by atoms with Crippen molar-refractivity contribution in [3.8, 4) is 0 Å². The first-order chi connectivity index (χ1) is 14.1. The first-order valence-electron chi connectivity index (χ1n) is 10.7. The number of halogens is 3. The van der Waals surface area contributed by atoms with Gasteiger partial charge in [0.05, 0.1) is 29.6 Å². The molecule has 3 rings (SSSR count). The topological polar surface area (TPSA) is 54.7 Å². The van der Waals surface area contributed by atoms with E-state index >= 15 is 0 Å². The first kappa shape index (κ1) is 22.7. The van der Waals surface area contributed by atoms with Gasteiger partial charge in [0.1, 0.15) is 12.5 Å². The lowest BCUT2D eigenvalue weighted by molar-refractivity contribution is -0.133. The van der Waals surface area contributed by atoms with Gasteiger partial charge in [-0.25, -0.2) is 9.50 Å². The number of nitrogens with one attached hydrogen (secondary N) is 1. The van der Waals surface area contributed by atoms with Gasteiger partial charge in [0.15, 0.2) is 5.65 Å². The molecule has 1 N–H and O–H groups in total. The van der Waals surface area contributed by atoms with Crippen LogP contribution >= 0.6 is 0 Å². The number of fused-ring (bicyclic) bond motifs is 1. The Bertz CT molecular complexity index is 820. The van der Waals surface area contributed by atoms with E-state index in [1.54, 1.807) is 15.6 Å². The van der Waals surface area contributed by atoms with Crippen LogP contribution in [-0.4, -0.2) is 45.7 Å². The Morgan fingerprint density at radius 1 is 1.23 bits per heavy atom. The van der Waals surface area contributed by atoms with Crippen molar-refractivity contribution in [3.05, 3.63) is 18.0 Å². The van der Waals surface area contributed by atoms with E-state index in [-0.39, 0.29) is 13.3 Å². The molecule has 1 saturated carbocycles. The van der Waals surface area contributed by atoms with E-state index in [4.69, 9.17) is 4.74 Å². The minimum absolute atomic E-state index is 0.0381. The molecule has 0 saturated heterocycles. The van der Waals surface area contributed by atoms with Crippen LogP contribution < -0.4 is 10.2 Å². The van der Waals surface area contributed by atoms with Gasteiger partial charge in [-0.05, 0) is 40.0 Å². The predicted octanol–water partition coefficient (Wildman–Crippen LogP) is 5.18. The molecule has 2 aromatic heterocycles. The minimum atomic E-state index is -4.25. The highest BCUT2D eigenvalue weighted by atomic mass is 19.4. The zero-order chi connectivity index (χ0) is 21.9. The number of aromatic nitrogens is 3. The molecular formula is C21H32F3N5O. The van der Waals surface area contributed by atoms with Crippen LogP contribution in [0.25, 0.3) is 5.65 Å². The molecule has 1 fully saturated rings. The second kappa shape index (κ2) is 8.99. The van der Waals surface area contributed by atoms with E-state index < -0.39 is 18.2 Å². The number of hydrogen-bond donors (Lipinski definition) is 1. The Balaban J connectivity index is 1.98. The highest BCUT2D eigenvalue weighted by molar-refractivity contribution is 5.72. The normalized spacial score (nSPS) is 15.8. The molecule has 0 unspecified atom stereocenters. The summed E-state index contributed by atoms with van der Waals surface area (Å²) in [6, 6.07) is 2.15. The average molecular weight is 428 g/mol. The number of rotatable bonds is 8. The Labute approximate surface area is 175 Å². The van der Waals surface area contributed by atoms with Crippen LogP contribution in [0.4, 0.5) is 24.7 Å². The largest absolute Gasteiger partial charge is 0.390 e. The van der Waals surface area contributed by atoms with Gasteiger partial charge < -0.3 is 15.0 Å². The lowest BCUT2D eigenvalue weighted by Crippen LogP contribution is -2.35. The van der Waals surface area contributed by atoms with Crippen LogP contribution in [0, 0.1) is 0 Å². The summed E-state index contributed by atoms with van der Waals surface area (Å²) in [4.78, 5) is 6.08. The van der Waals surface area contributed by atoms with Gasteiger partial charge in [0.2, 0.25) is 0 Å². The van der Waals surface area contributed by atoms with Crippen molar-refractivity contribution in [2.24, 2.45) is 0 Å². The molecule has 2 heterocycles. The van der Waals surface area contributed by atoms with E-state index in [2.05, 4.69) is 15.4 Å². The summed E-state index contributed by atoms with van der Waals surface area (Å²) in [5, 5.41) is 8.15. The number of nitrogens with zero attached hydrogens (tertiary/aromatic N) is 4. The fraction of sp³-hybridized carbons (Fsp3) is 0.714. The molecule has 0 amide bonds. The third-order valence-corrected chi connectivity index (χ3v) is 5.25. The molecular weight excluding hydrogens is 395 g/mol. The van der Waals surface area contributed by atoms with Crippen LogP contribution in [-0.2, 0) is 11.2 Å². The fourth-order valence-electron chi connectivity index (χ4n) is 3.61. The van der Waals surface area contributed by atoms with Crippen molar-refractivity contribution in [1.29, 1.82) is 0 Å². The number of anilines is 2. The number of imidazole rings is 1. The monoisotopic (exact) mass is 427 g/mol. The first-order valence-corrected chi connectivity index (χ1v) is 10.7. The average Bonchev–Trinajstić information content (AvgIpc) is 3.29. The molecule has 1 aliphatic carbocycles. The van der Waals surface area contributed by atoms with Crippen molar-refractivity contribution in [3.63, 3.8) is 0 Å². The molecule has 6 nitrogen and oxygen atoms in total. The standard InChI is InChI=1S/C21H32F3N5O/c1-5-16-13-25-19-17(12-18(27-29(16)19)26-15-8-6-7-9-15)28(11-10-21(22,23)24)14-30-20(2,3)4/h12-13,15H,5-11,14H2,1-4H3,(H,26,27). The summed E-state index contributed by atoms with van der Waals surface area (Å²) >= 11 is 0. The maximum Gasteiger partial charge on any atom is 0.390 e. The number of ether oxygens (including phenoxy) is 1. The molecule has 168 valence electrons. The highest BCUT2D eigenvalue weighted by Gasteiger charge is 2.29. The van der Waals surface area contributed by atoms with Crippen LogP contribution in [0.5, 0.6) is 0 Å². The highest BCUT2D eigenvalue weighted by Crippen LogP contribution is 2.29. The van der Waals surface area contributed by atoms with Crippen molar-refractivity contribution >= 4 is 17.2 Å². The molecule has 0 aromatic carbocycles. The summed E-state index contributed by atoms with van der Waals surface area (Å²) in [6.07, 6.45) is 1.78. The van der Waals surface area contributed by atoms with Gasteiger partial charge >= 0.3 is 6.18 Å². The van der Waals surface area contributed by atoms with Crippen LogP contribution in [0.15, 0.2) is 12.3 Å². The van der Waals surface area contributed by atoms with E-state index in [1.165, 1.54) is 12.8 Å². The second-order valence-corrected chi connectivity index (χ2v) is 8.89. The molecule has 9 heteroatoms. The molecule has 2 aromatic rings. The molecule has 0 radical (unpaired) electrons. The van der Waals surface area contributed by atoms with Gasteiger partial charge in [0, 0.05) is 18.7 Å². The fourth-order valence-corrected chi connectivity index (χ4v) is 3.61. The van der Waals surface area contributed by atoms with Crippen molar-refractivity contribution in [2.45, 2.75) is 84.0 Å². The Morgan fingerprint density at radius 2 is 1.93 bits per heavy atom. The lowest BCUT2D eigenvalue weighted by atomic mass is 10.2. The summed E-state index contributed by atoms with van der Waals surface area (Å²) in [5.41, 5.74) is 1.57. The lowest BCUT2D eigenvalue weighted by Gasteiger charge is -2.30. The molecule has 0 atom stereocenters. The van der Waals surface area contributed by atoms with E-state index in [1.807, 2.05) is 33.8 Å². The molecule has 0 spiro atoms. The van der Waals surface area contributed by atoms with Crippen molar-refractivity contribution < 1.29 is 17.9 Å². The maximum absolute atomic E-state index is 13.0. The molecule has 0 bridgehead atoms. The summed E-state index contributed by atoms with van der Waals surface area (Å²) < 4.78 is 46.6. The van der Waals surface area contributed by atoms with E-state index in [0.29, 0.717) is 23.2 Å². The van der Waals surface area contributed by atoms with Gasteiger partial charge in [0.25, 0.3) is 0 Å². The Morgan fingerprint density at radius 3 is 2.53 bits per heavy atom. The minimum Gasteiger partial charge on any atom is -0.366 e. The van der Waals surface area contributed by atoms with Gasteiger partial charge in [-0.3, -0.25) is 0 Å². The SMILES string of the molecule is CCc1cnc2c(N(CCC(F)(F)F)COC(C)(C)C)cc(NC3CCCC3)nn12. The number of aryl methyl sites for hydroxylation is 1. The van der Waals surface area contributed by atoms with Crippen molar-refractivity contribution in [1.82, 2.24) is 14.6 Å². The van der Waals surface area contributed by atoms with Crippen LogP contribution in [0.2, 0.25) is 0 Å². The third kappa shape index (κ3) is 6.00. The predicted molar refractivity (Wildman–Crippen MR) is 112 cm³/mol. The summed E-state index contributed by atoms with van der Waals surface area (Å²) in [6.45, 7) is 7.48. The molecule has 1 aliphatic rings. The number of alkyl halides is 3. The third-order valence-electron chi connectivity index (χ3n) is 5.25.